The number of hydrogen-bond donors (Lipinski definition) is 0. The third-order valence-corrected chi connectivity index (χ3v) is 2.65. The fourth-order valence-corrected chi connectivity index (χ4v) is 1.90. The van der Waals surface area contributed by atoms with Gasteiger partial charge in [-0.05, 0) is 12.1 Å². The van der Waals surface area contributed by atoms with Crippen molar-refractivity contribution in [3.63, 3.8) is 0 Å². The van der Waals surface area contributed by atoms with Crippen LogP contribution in [0.1, 0.15) is 0 Å². The number of pyridine rings is 1. The number of aromatic nitrogens is 1. The van der Waals surface area contributed by atoms with Crippen molar-refractivity contribution in [3.8, 4) is 0 Å². The molecule has 66 valence electrons. The lowest BCUT2D eigenvalue weighted by Crippen LogP contribution is -2.24. The molecule has 1 aliphatic heterocycles. The Morgan fingerprint density at radius 1 is 1.54 bits per heavy atom. The number of carbonyl (C=O) groups is 1. The topological polar surface area (TPSA) is 33.2 Å². The van der Waals surface area contributed by atoms with Gasteiger partial charge in [-0.25, -0.2) is 4.98 Å². The summed E-state index contributed by atoms with van der Waals surface area (Å²) in [7, 11) is 0. The van der Waals surface area contributed by atoms with E-state index in [0.717, 1.165) is 5.03 Å². The summed E-state index contributed by atoms with van der Waals surface area (Å²) in [5, 5.41) is 0.753. The molecule has 1 aromatic rings. The van der Waals surface area contributed by atoms with E-state index in [-0.39, 0.29) is 5.91 Å². The molecule has 0 radical (unpaired) electrons. The SMILES string of the molecule is C=C1SCC(=O)N1c1ccccn1. The van der Waals surface area contributed by atoms with Gasteiger partial charge in [0.25, 0.3) is 0 Å². The first kappa shape index (κ1) is 8.31. The van der Waals surface area contributed by atoms with E-state index in [1.165, 1.54) is 11.8 Å². The van der Waals surface area contributed by atoms with Crippen LogP contribution in [0, 0.1) is 0 Å². The quantitative estimate of drug-likeness (QED) is 0.678. The summed E-state index contributed by atoms with van der Waals surface area (Å²) in [5.74, 6) is 1.17. The van der Waals surface area contributed by atoms with Crippen molar-refractivity contribution in [2.75, 3.05) is 10.7 Å². The van der Waals surface area contributed by atoms with Crippen molar-refractivity contribution >= 4 is 23.5 Å². The molecule has 1 aliphatic rings. The number of amides is 1. The summed E-state index contributed by atoms with van der Waals surface area (Å²) >= 11 is 1.45. The molecule has 0 atom stereocenters. The van der Waals surface area contributed by atoms with E-state index in [0.29, 0.717) is 11.6 Å². The van der Waals surface area contributed by atoms with Gasteiger partial charge >= 0.3 is 0 Å². The summed E-state index contributed by atoms with van der Waals surface area (Å²) < 4.78 is 0. The lowest BCUT2D eigenvalue weighted by molar-refractivity contribution is -0.115. The summed E-state index contributed by atoms with van der Waals surface area (Å²) in [6.07, 6.45) is 1.67. The number of rotatable bonds is 1. The number of hydrogen-bond acceptors (Lipinski definition) is 3. The van der Waals surface area contributed by atoms with Crippen LogP contribution in [0.25, 0.3) is 0 Å². The van der Waals surface area contributed by atoms with Crippen molar-refractivity contribution < 1.29 is 4.79 Å². The average Bonchev–Trinajstić information content (AvgIpc) is 2.48. The van der Waals surface area contributed by atoms with Crippen molar-refractivity contribution in [3.05, 3.63) is 36.0 Å². The molecule has 0 aliphatic carbocycles. The van der Waals surface area contributed by atoms with E-state index >= 15 is 0 Å². The Labute approximate surface area is 80.5 Å². The summed E-state index contributed by atoms with van der Waals surface area (Å²) in [6, 6.07) is 5.47. The normalized spacial score (nSPS) is 16.8. The van der Waals surface area contributed by atoms with Crippen LogP contribution < -0.4 is 4.90 Å². The minimum atomic E-state index is 0.0497. The van der Waals surface area contributed by atoms with Crippen molar-refractivity contribution in [2.45, 2.75) is 0 Å². The van der Waals surface area contributed by atoms with Gasteiger partial charge in [0.1, 0.15) is 5.82 Å². The fourth-order valence-electron chi connectivity index (χ4n) is 1.15. The predicted molar refractivity (Wildman–Crippen MR) is 53.3 cm³/mol. The van der Waals surface area contributed by atoms with E-state index in [1.54, 1.807) is 17.2 Å². The maximum Gasteiger partial charge on any atom is 0.243 e. The van der Waals surface area contributed by atoms with Gasteiger partial charge in [0.2, 0.25) is 5.91 Å². The highest BCUT2D eigenvalue weighted by atomic mass is 32.2. The molecule has 0 saturated carbocycles. The van der Waals surface area contributed by atoms with E-state index in [9.17, 15) is 4.79 Å². The second kappa shape index (κ2) is 3.22. The number of nitrogens with zero attached hydrogens (tertiary/aromatic N) is 2. The van der Waals surface area contributed by atoms with Gasteiger partial charge in [-0.3, -0.25) is 9.69 Å². The van der Waals surface area contributed by atoms with Crippen molar-refractivity contribution in [1.29, 1.82) is 0 Å². The largest absolute Gasteiger partial charge is 0.273 e. The molecule has 1 fully saturated rings. The highest BCUT2D eigenvalue weighted by Crippen LogP contribution is 2.30. The molecule has 4 heteroatoms. The van der Waals surface area contributed by atoms with Crippen LogP contribution in [0.15, 0.2) is 36.0 Å². The molecule has 2 rings (SSSR count). The molecule has 0 N–H and O–H groups in total. The molecule has 1 saturated heterocycles. The molecule has 1 aromatic heterocycles. The Morgan fingerprint density at radius 2 is 2.38 bits per heavy atom. The molecule has 3 nitrogen and oxygen atoms in total. The molecule has 0 bridgehead atoms. The van der Waals surface area contributed by atoms with Crippen LogP contribution >= 0.6 is 11.8 Å². The zero-order valence-electron chi connectivity index (χ0n) is 6.93. The van der Waals surface area contributed by atoms with Crippen LogP contribution in [-0.2, 0) is 4.79 Å². The number of thioether (sulfide) groups is 1. The highest BCUT2D eigenvalue weighted by molar-refractivity contribution is 8.04. The summed E-state index contributed by atoms with van der Waals surface area (Å²) in [6.45, 7) is 3.79. The van der Waals surface area contributed by atoms with E-state index in [1.807, 2.05) is 12.1 Å². The molecular weight excluding hydrogens is 184 g/mol. The first-order valence-corrected chi connectivity index (χ1v) is 4.83. The van der Waals surface area contributed by atoms with Gasteiger partial charge in [0.05, 0.1) is 10.8 Å². The average molecular weight is 192 g/mol. The summed E-state index contributed by atoms with van der Waals surface area (Å²) in [5.41, 5.74) is 0. The Morgan fingerprint density at radius 3 is 2.92 bits per heavy atom. The first-order valence-electron chi connectivity index (χ1n) is 3.85. The van der Waals surface area contributed by atoms with E-state index in [4.69, 9.17) is 0 Å². The van der Waals surface area contributed by atoms with Gasteiger partial charge in [-0.2, -0.15) is 0 Å². The lowest BCUT2D eigenvalue weighted by atomic mass is 10.4. The standard InChI is InChI=1S/C9H8N2OS/c1-7-11(9(12)6-13-7)8-4-2-3-5-10-8/h2-5H,1,6H2. The molecular formula is C9H8N2OS. The molecule has 0 spiro atoms. The maximum atomic E-state index is 11.4. The monoisotopic (exact) mass is 192 g/mol. The summed E-state index contributed by atoms with van der Waals surface area (Å²) in [4.78, 5) is 17.0. The number of anilines is 1. The maximum absolute atomic E-state index is 11.4. The van der Waals surface area contributed by atoms with Crippen LogP contribution in [0.5, 0.6) is 0 Å². The van der Waals surface area contributed by atoms with Crippen molar-refractivity contribution in [2.24, 2.45) is 0 Å². The molecule has 2 heterocycles. The predicted octanol–water partition coefficient (Wildman–Crippen LogP) is 1.63. The third-order valence-electron chi connectivity index (χ3n) is 1.74. The van der Waals surface area contributed by atoms with Gasteiger partial charge in [-0.1, -0.05) is 24.4 Å². The smallest absolute Gasteiger partial charge is 0.243 e. The molecule has 1 amide bonds. The lowest BCUT2D eigenvalue weighted by Gasteiger charge is -2.13. The minimum Gasteiger partial charge on any atom is -0.273 e. The van der Waals surface area contributed by atoms with Crippen LogP contribution in [0.4, 0.5) is 5.82 Å². The second-order valence-electron chi connectivity index (χ2n) is 2.60. The molecule has 0 unspecified atom stereocenters. The third kappa shape index (κ3) is 1.45. The van der Waals surface area contributed by atoms with Gasteiger partial charge in [0, 0.05) is 6.20 Å². The van der Waals surface area contributed by atoms with Crippen molar-refractivity contribution in [1.82, 2.24) is 4.98 Å². The second-order valence-corrected chi connectivity index (χ2v) is 3.65. The van der Waals surface area contributed by atoms with Gasteiger partial charge < -0.3 is 0 Å². The van der Waals surface area contributed by atoms with Crippen LogP contribution in [0.2, 0.25) is 0 Å². The Balaban J connectivity index is 2.36. The molecule has 0 aromatic carbocycles. The van der Waals surface area contributed by atoms with Crippen LogP contribution in [0.3, 0.4) is 0 Å². The van der Waals surface area contributed by atoms with E-state index in [2.05, 4.69) is 11.6 Å². The van der Waals surface area contributed by atoms with E-state index < -0.39 is 0 Å². The van der Waals surface area contributed by atoms with Crippen LogP contribution in [-0.4, -0.2) is 16.6 Å². The Kier molecular flexibility index (Phi) is 2.06. The fraction of sp³-hybridized carbons (Fsp3) is 0.111. The minimum absolute atomic E-state index is 0.0497. The zero-order valence-corrected chi connectivity index (χ0v) is 7.75. The number of carbonyl (C=O) groups excluding carboxylic acids is 1. The Bertz CT molecular complexity index is 334. The molecule has 13 heavy (non-hydrogen) atoms. The first-order chi connectivity index (χ1) is 6.29. The van der Waals surface area contributed by atoms with Gasteiger partial charge in [0.15, 0.2) is 0 Å². The Hall–Kier alpha value is -1.29. The highest BCUT2D eigenvalue weighted by Gasteiger charge is 2.26. The van der Waals surface area contributed by atoms with Gasteiger partial charge in [-0.15, -0.1) is 0 Å². The zero-order chi connectivity index (χ0) is 9.26.